The van der Waals surface area contributed by atoms with Crippen LogP contribution in [0.1, 0.15) is 67.7 Å². The van der Waals surface area contributed by atoms with Gasteiger partial charge in [-0.2, -0.15) is 5.10 Å². The number of hydrogen-bond acceptors (Lipinski definition) is 6. The number of carboxylic acids is 1. The lowest BCUT2D eigenvalue weighted by molar-refractivity contribution is 0.0696. The molecule has 5 aromatic rings. The van der Waals surface area contributed by atoms with E-state index < -0.39 is 5.97 Å². The minimum absolute atomic E-state index is 0.127. The summed E-state index contributed by atoms with van der Waals surface area (Å²) in [4.78, 5) is 24.6. The molecule has 1 aliphatic rings. The Hall–Kier alpha value is -5.05. The van der Waals surface area contributed by atoms with Crippen LogP contribution in [0.3, 0.4) is 0 Å². The summed E-state index contributed by atoms with van der Waals surface area (Å²) in [5.41, 5.74) is 8.27. The molecule has 1 unspecified atom stereocenters. The number of nitrogens with zero attached hydrogens (tertiary/aromatic N) is 3. The maximum absolute atomic E-state index is 13.1. The monoisotopic (exact) mass is 547 g/mol. The molecular formula is C32H29N5O4. The van der Waals surface area contributed by atoms with Gasteiger partial charge in [-0.05, 0) is 73.2 Å². The smallest absolute Gasteiger partial charge is 0.335 e. The third kappa shape index (κ3) is 5.14. The van der Waals surface area contributed by atoms with E-state index in [-0.39, 0.29) is 17.5 Å². The Morgan fingerprint density at radius 1 is 1.00 bits per heavy atom. The second-order valence-electron chi connectivity index (χ2n) is 10.2. The zero-order valence-electron chi connectivity index (χ0n) is 22.8. The van der Waals surface area contributed by atoms with Gasteiger partial charge in [-0.25, -0.2) is 4.79 Å². The van der Waals surface area contributed by atoms with Crippen LogP contribution in [-0.2, 0) is 25.7 Å². The topological polar surface area (TPSA) is 134 Å². The summed E-state index contributed by atoms with van der Waals surface area (Å²) >= 11 is 0. The first-order chi connectivity index (χ1) is 19.9. The average Bonchev–Trinajstić information content (AvgIpc) is 3.64. The van der Waals surface area contributed by atoms with E-state index in [1.54, 1.807) is 24.3 Å². The highest BCUT2D eigenvalue weighted by atomic mass is 16.4. The summed E-state index contributed by atoms with van der Waals surface area (Å²) in [5, 5.41) is 28.9. The second-order valence-corrected chi connectivity index (χ2v) is 10.2. The molecule has 1 amide bonds. The number of rotatable bonds is 8. The number of aryl methyl sites for hydroxylation is 4. The van der Waals surface area contributed by atoms with E-state index in [0.29, 0.717) is 42.3 Å². The van der Waals surface area contributed by atoms with Gasteiger partial charge < -0.3 is 14.8 Å². The van der Waals surface area contributed by atoms with E-state index in [9.17, 15) is 14.7 Å². The third-order valence-corrected chi connectivity index (χ3v) is 7.59. The SMILES string of the molecule is CCc1cccc2c1CC(c1n[nH]c(CCc3nnc(-c4ccc(C)cc4)o3)c1-c1ccc(C(=O)O)cc1)NC2=O. The number of amides is 1. The Kier molecular flexibility index (Phi) is 6.93. The highest BCUT2D eigenvalue weighted by molar-refractivity contribution is 5.97. The van der Waals surface area contributed by atoms with Crippen molar-refractivity contribution < 1.29 is 19.1 Å². The van der Waals surface area contributed by atoms with Crippen molar-refractivity contribution in [3.63, 3.8) is 0 Å². The first kappa shape index (κ1) is 26.2. The molecule has 41 heavy (non-hydrogen) atoms. The van der Waals surface area contributed by atoms with Crippen LogP contribution < -0.4 is 5.32 Å². The number of carbonyl (C=O) groups is 2. The summed E-state index contributed by atoms with van der Waals surface area (Å²) in [7, 11) is 0. The molecule has 1 atom stereocenters. The van der Waals surface area contributed by atoms with Gasteiger partial charge in [0.1, 0.15) is 0 Å². The maximum Gasteiger partial charge on any atom is 0.335 e. The largest absolute Gasteiger partial charge is 0.478 e. The van der Waals surface area contributed by atoms with Gasteiger partial charge in [0, 0.05) is 28.8 Å². The number of fused-ring (bicyclic) bond motifs is 1. The number of nitrogens with one attached hydrogen (secondary N) is 2. The highest BCUT2D eigenvalue weighted by Crippen LogP contribution is 2.36. The Bertz CT molecular complexity index is 1730. The molecule has 3 heterocycles. The van der Waals surface area contributed by atoms with E-state index in [0.717, 1.165) is 45.5 Å². The predicted octanol–water partition coefficient (Wildman–Crippen LogP) is 5.51. The molecule has 0 saturated carbocycles. The van der Waals surface area contributed by atoms with Crippen molar-refractivity contribution in [2.24, 2.45) is 0 Å². The van der Waals surface area contributed by atoms with Crippen LogP contribution in [0.15, 0.2) is 71.1 Å². The number of hydrogen-bond donors (Lipinski definition) is 3. The van der Waals surface area contributed by atoms with Crippen LogP contribution in [-0.4, -0.2) is 37.4 Å². The van der Waals surface area contributed by atoms with Crippen LogP contribution >= 0.6 is 0 Å². The molecule has 0 saturated heterocycles. The first-order valence-corrected chi connectivity index (χ1v) is 13.6. The fraction of sp³-hybridized carbons (Fsp3) is 0.219. The zero-order valence-corrected chi connectivity index (χ0v) is 22.8. The quantitative estimate of drug-likeness (QED) is 0.233. The molecule has 3 N–H and O–H groups in total. The number of aromatic carboxylic acids is 1. The minimum atomic E-state index is -0.992. The maximum atomic E-state index is 13.1. The Labute approximate surface area is 236 Å². The van der Waals surface area contributed by atoms with E-state index in [1.165, 1.54) is 0 Å². The molecule has 0 bridgehead atoms. The fourth-order valence-electron chi connectivity index (χ4n) is 5.40. The fourth-order valence-corrected chi connectivity index (χ4v) is 5.40. The second kappa shape index (κ2) is 10.8. The van der Waals surface area contributed by atoms with Crippen LogP contribution in [0.2, 0.25) is 0 Å². The molecule has 2 aromatic heterocycles. The van der Waals surface area contributed by atoms with Crippen molar-refractivity contribution in [1.82, 2.24) is 25.7 Å². The van der Waals surface area contributed by atoms with Crippen molar-refractivity contribution in [2.75, 3.05) is 0 Å². The van der Waals surface area contributed by atoms with Crippen molar-refractivity contribution in [3.8, 4) is 22.6 Å². The molecule has 0 spiro atoms. The summed E-state index contributed by atoms with van der Waals surface area (Å²) in [6.45, 7) is 4.11. The minimum Gasteiger partial charge on any atom is -0.478 e. The van der Waals surface area contributed by atoms with Crippen LogP contribution in [0.4, 0.5) is 0 Å². The summed E-state index contributed by atoms with van der Waals surface area (Å²) in [6, 6.07) is 20.1. The molecule has 3 aromatic carbocycles. The number of aromatic amines is 1. The summed E-state index contributed by atoms with van der Waals surface area (Å²) in [5.74, 6) is -0.160. The number of benzene rings is 3. The van der Waals surface area contributed by atoms with E-state index in [2.05, 4.69) is 38.7 Å². The molecular weight excluding hydrogens is 518 g/mol. The summed E-state index contributed by atoms with van der Waals surface area (Å²) in [6.07, 6.45) is 2.43. The standard InChI is InChI=1S/C32H29N5O4/c1-3-19-5-4-6-23-24(19)17-26(33-30(23)38)29-28(20-11-13-22(14-12-20)32(39)40)25(34-36-29)15-16-27-35-37-31(41-27)21-9-7-18(2)8-10-21/h4-14,26H,3,15-17H2,1-2H3,(H,33,38)(H,34,36)(H,39,40). The Morgan fingerprint density at radius 2 is 1.76 bits per heavy atom. The van der Waals surface area contributed by atoms with Gasteiger partial charge >= 0.3 is 5.97 Å². The van der Waals surface area contributed by atoms with Gasteiger partial charge in [0.2, 0.25) is 11.8 Å². The molecule has 0 aliphatic carbocycles. The molecule has 6 rings (SSSR count). The van der Waals surface area contributed by atoms with Crippen molar-refractivity contribution in [3.05, 3.63) is 112 Å². The zero-order chi connectivity index (χ0) is 28.5. The predicted molar refractivity (Wildman–Crippen MR) is 153 cm³/mol. The van der Waals surface area contributed by atoms with Crippen molar-refractivity contribution in [1.29, 1.82) is 0 Å². The molecule has 9 heteroatoms. The number of H-pyrrole nitrogens is 1. The van der Waals surface area contributed by atoms with Gasteiger partial charge in [0.15, 0.2) is 0 Å². The molecule has 9 nitrogen and oxygen atoms in total. The van der Waals surface area contributed by atoms with Crippen LogP contribution in [0.5, 0.6) is 0 Å². The summed E-state index contributed by atoms with van der Waals surface area (Å²) < 4.78 is 5.94. The van der Waals surface area contributed by atoms with Gasteiger partial charge in [-0.1, -0.05) is 48.9 Å². The lowest BCUT2D eigenvalue weighted by Gasteiger charge is -2.27. The lowest BCUT2D eigenvalue weighted by atomic mass is 9.86. The first-order valence-electron chi connectivity index (χ1n) is 13.6. The van der Waals surface area contributed by atoms with Crippen molar-refractivity contribution >= 4 is 11.9 Å². The van der Waals surface area contributed by atoms with Crippen LogP contribution in [0.25, 0.3) is 22.6 Å². The van der Waals surface area contributed by atoms with Gasteiger partial charge in [-0.3, -0.25) is 9.89 Å². The molecule has 0 radical (unpaired) electrons. The van der Waals surface area contributed by atoms with E-state index in [4.69, 9.17) is 4.42 Å². The molecule has 1 aliphatic heterocycles. The third-order valence-electron chi connectivity index (χ3n) is 7.59. The van der Waals surface area contributed by atoms with Gasteiger partial charge in [-0.15, -0.1) is 10.2 Å². The van der Waals surface area contributed by atoms with Crippen LogP contribution in [0, 0.1) is 6.92 Å². The molecule has 206 valence electrons. The van der Waals surface area contributed by atoms with Gasteiger partial charge in [0.25, 0.3) is 5.91 Å². The normalized spacial score (nSPS) is 14.5. The highest BCUT2D eigenvalue weighted by Gasteiger charge is 2.31. The number of carboxylic acid groups (broad SMARTS) is 1. The number of aromatic nitrogens is 4. The molecule has 0 fully saturated rings. The van der Waals surface area contributed by atoms with Crippen molar-refractivity contribution in [2.45, 2.75) is 45.6 Å². The average molecular weight is 548 g/mol. The number of carbonyl (C=O) groups excluding carboxylic acids is 1. The Balaban J connectivity index is 1.33. The van der Waals surface area contributed by atoms with E-state index >= 15 is 0 Å². The van der Waals surface area contributed by atoms with E-state index in [1.807, 2.05) is 43.3 Å². The lowest BCUT2D eigenvalue weighted by Crippen LogP contribution is -2.36. The Morgan fingerprint density at radius 3 is 2.49 bits per heavy atom. The van der Waals surface area contributed by atoms with Gasteiger partial charge in [0.05, 0.1) is 17.3 Å².